The first-order valence-electron chi connectivity index (χ1n) is 6.89. The Kier molecular flexibility index (Phi) is 6.97. The van der Waals surface area contributed by atoms with Crippen molar-refractivity contribution in [2.45, 2.75) is 45.4 Å². The smallest absolute Gasteiger partial charge is 0.250 e. The Morgan fingerprint density at radius 3 is 2.47 bits per heavy atom. The largest absolute Gasteiger partial charge is 0.494 e. The van der Waals surface area contributed by atoms with Crippen LogP contribution in [-0.2, 0) is 4.79 Å². The van der Waals surface area contributed by atoms with Crippen LogP contribution in [0.25, 0.3) is 0 Å². The molecule has 0 aliphatic heterocycles. The van der Waals surface area contributed by atoms with E-state index in [0.717, 1.165) is 30.6 Å². The second kappa shape index (κ2) is 8.53. The van der Waals surface area contributed by atoms with Crippen molar-refractivity contribution >= 4 is 5.91 Å². The highest BCUT2D eigenvalue weighted by molar-refractivity contribution is 5.82. The first-order chi connectivity index (χ1) is 9.22. The third-order valence-corrected chi connectivity index (χ3v) is 3.05. The van der Waals surface area contributed by atoms with Gasteiger partial charge in [0.05, 0.1) is 12.5 Å². The molecule has 19 heavy (non-hydrogen) atoms. The molecular weight excluding hydrogens is 242 g/mol. The summed E-state index contributed by atoms with van der Waals surface area (Å²) in [7, 11) is 0. The van der Waals surface area contributed by atoms with Crippen LogP contribution in [0.3, 0.4) is 0 Å². The molecule has 2 N–H and O–H groups in total. The molecule has 0 bridgehead atoms. The number of carbonyl (C=O) groups excluding carboxylic acids is 1. The molecule has 1 rings (SSSR count). The Bertz CT molecular complexity index is 375. The Morgan fingerprint density at radius 1 is 1.26 bits per heavy atom. The lowest BCUT2D eigenvalue weighted by Gasteiger charge is -2.15. The number of carbonyl (C=O) groups is 1. The van der Waals surface area contributed by atoms with Gasteiger partial charge in [0.15, 0.2) is 0 Å². The number of benzene rings is 1. The zero-order chi connectivity index (χ0) is 14.1. The zero-order valence-electron chi connectivity index (χ0n) is 11.7. The van der Waals surface area contributed by atoms with Crippen LogP contribution in [0.4, 0.5) is 0 Å². The molecule has 0 saturated carbocycles. The molecule has 0 spiro atoms. The maximum atomic E-state index is 11.6. The first-order valence-corrected chi connectivity index (χ1v) is 6.89. The van der Waals surface area contributed by atoms with E-state index in [1.165, 1.54) is 0 Å². The third kappa shape index (κ3) is 4.91. The van der Waals surface area contributed by atoms with E-state index in [2.05, 4.69) is 6.92 Å². The fourth-order valence-corrected chi connectivity index (χ4v) is 1.95. The third-order valence-electron chi connectivity index (χ3n) is 3.05. The van der Waals surface area contributed by atoms with Crippen LogP contribution in [0.2, 0.25) is 0 Å². The lowest BCUT2D eigenvalue weighted by atomic mass is 9.94. The molecule has 1 aromatic carbocycles. The predicted molar refractivity (Wildman–Crippen MR) is 74.4 cm³/mol. The molecule has 1 atom stereocenters. The Labute approximate surface area is 114 Å². The van der Waals surface area contributed by atoms with E-state index in [1.54, 1.807) is 5.48 Å². The lowest BCUT2D eigenvalue weighted by Crippen LogP contribution is -2.26. The monoisotopic (exact) mass is 265 g/mol. The van der Waals surface area contributed by atoms with Crippen molar-refractivity contribution in [3.05, 3.63) is 29.8 Å². The number of hydroxylamine groups is 1. The second-order valence-corrected chi connectivity index (χ2v) is 4.59. The Hall–Kier alpha value is -1.55. The molecule has 4 nitrogen and oxygen atoms in total. The van der Waals surface area contributed by atoms with Crippen molar-refractivity contribution in [1.82, 2.24) is 5.48 Å². The van der Waals surface area contributed by atoms with Gasteiger partial charge >= 0.3 is 0 Å². The highest BCUT2D eigenvalue weighted by Crippen LogP contribution is 2.24. The van der Waals surface area contributed by atoms with Gasteiger partial charge in [-0.2, -0.15) is 0 Å². The van der Waals surface area contributed by atoms with E-state index in [-0.39, 0.29) is 11.8 Å². The summed E-state index contributed by atoms with van der Waals surface area (Å²) in [6.45, 7) is 4.85. The van der Waals surface area contributed by atoms with Gasteiger partial charge in [0.1, 0.15) is 5.75 Å². The number of hydrogen-bond donors (Lipinski definition) is 2. The quantitative estimate of drug-likeness (QED) is 0.431. The minimum atomic E-state index is -0.360. The molecule has 1 aromatic rings. The average Bonchev–Trinajstić information content (AvgIpc) is 2.45. The van der Waals surface area contributed by atoms with Crippen molar-refractivity contribution in [2.24, 2.45) is 0 Å². The van der Waals surface area contributed by atoms with Gasteiger partial charge < -0.3 is 4.74 Å². The molecule has 0 unspecified atom stereocenters. The van der Waals surface area contributed by atoms with E-state index in [9.17, 15) is 4.79 Å². The summed E-state index contributed by atoms with van der Waals surface area (Å²) in [5.74, 6) is 0.151. The normalized spacial score (nSPS) is 11.9. The molecule has 0 fully saturated rings. The molecule has 0 saturated heterocycles. The molecule has 106 valence electrons. The van der Waals surface area contributed by atoms with E-state index >= 15 is 0 Å². The van der Waals surface area contributed by atoms with Gasteiger partial charge in [-0.1, -0.05) is 38.8 Å². The van der Waals surface area contributed by atoms with Gasteiger partial charge in [-0.3, -0.25) is 10.0 Å². The van der Waals surface area contributed by atoms with Crippen molar-refractivity contribution in [3.63, 3.8) is 0 Å². The van der Waals surface area contributed by atoms with Crippen LogP contribution in [0.1, 0.15) is 51.0 Å². The predicted octanol–water partition coefficient (Wildman–Crippen LogP) is 3.25. The number of rotatable bonds is 8. The van der Waals surface area contributed by atoms with Crippen molar-refractivity contribution in [2.75, 3.05) is 6.61 Å². The Balaban J connectivity index is 2.69. The van der Waals surface area contributed by atoms with Gasteiger partial charge in [0.2, 0.25) is 0 Å². The fourth-order valence-electron chi connectivity index (χ4n) is 1.95. The molecular formula is C15H23NO3. The molecule has 0 heterocycles. The molecule has 0 aromatic heterocycles. The van der Waals surface area contributed by atoms with Crippen LogP contribution in [0, 0.1) is 0 Å². The van der Waals surface area contributed by atoms with Gasteiger partial charge in [-0.15, -0.1) is 0 Å². The van der Waals surface area contributed by atoms with E-state index < -0.39 is 0 Å². The summed E-state index contributed by atoms with van der Waals surface area (Å²) in [6.07, 6.45) is 3.73. The van der Waals surface area contributed by atoms with Gasteiger partial charge in [0.25, 0.3) is 5.91 Å². The summed E-state index contributed by atoms with van der Waals surface area (Å²) in [5.41, 5.74) is 2.63. The summed E-state index contributed by atoms with van der Waals surface area (Å²) in [6, 6.07) is 7.52. The first kappa shape index (κ1) is 15.5. The van der Waals surface area contributed by atoms with Crippen molar-refractivity contribution in [3.8, 4) is 5.75 Å². The van der Waals surface area contributed by atoms with Crippen LogP contribution < -0.4 is 10.2 Å². The maximum absolute atomic E-state index is 11.6. The summed E-state index contributed by atoms with van der Waals surface area (Å²) < 4.78 is 5.58. The van der Waals surface area contributed by atoms with Gasteiger partial charge in [0, 0.05) is 0 Å². The number of nitrogens with one attached hydrogen (secondary N) is 1. The van der Waals surface area contributed by atoms with Crippen LogP contribution in [-0.4, -0.2) is 17.7 Å². The number of amides is 1. The van der Waals surface area contributed by atoms with Crippen molar-refractivity contribution in [1.29, 1.82) is 0 Å². The molecule has 4 heteroatoms. The van der Waals surface area contributed by atoms with Crippen LogP contribution >= 0.6 is 0 Å². The maximum Gasteiger partial charge on any atom is 0.250 e. The summed E-state index contributed by atoms with van der Waals surface area (Å²) in [4.78, 5) is 11.6. The van der Waals surface area contributed by atoms with Crippen LogP contribution in [0.5, 0.6) is 5.75 Å². The minimum Gasteiger partial charge on any atom is -0.494 e. The molecule has 0 aliphatic rings. The fraction of sp³-hybridized carbons (Fsp3) is 0.533. The summed E-state index contributed by atoms with van der Waals surface area (Å²) in [5, 5.41) is 8.77. The molecule has 0 radical (unpaired) electrons. The number of hydrogen-bond acceptors (Lipinski definition) is 3. The van der Waals surface area contributed by atoms with E-state index in [4.69, 9.17) is 9.94 Å². The van der Waals surface area contributed by atoms with Gasteiger partial charge in [-0.25, -0.2) is 5.48 Å². The highest BCUT2D eigenvalue weighted by Gasteiger charge is 2.19. The highest BCUT2D eigenvalue weighted by atomic mass is 16.5. The SMILES string of the molecule is CCCCOc1ccc([C@@H](CCC)C(=O)NO)cc1. The lowest BCUT2D eigenvalue weighted by molar-refractivity contribution is -0.130. The average molecular weight is 265 g/mol. The Morgan fingerprint density at radius 2 is 1.95 bits per heavy atom. The minimum absolute atomic E-state index is 0.306. The van der Waals surface area contributed by atoms with E-state index in [1.807, 2.05) is 31.2 Å². The number of unbranched alkanes of at least 4 members (excludes halogenated alkanes) is 1. The van der Waals surface area contributed by atoms with Gasteiger partial charge in [-0.05, 0) is 30.5 Å². The van der Waals surface area contributed by atoms with Crippen LogP contribution in [0.15, 0.2) is 24.3 Å². The van der Waals surface area contributed by atoms with E-state index in [0.29, 0.717) is 13.0 Å². The summed E-state index contributed by atoms with van der Waals surface area (Å²) >= 11 is 0. The topological polar surface area (TPSA) is 58.6 Å². The standard InChI is InChI=1S/C15H23NO3/c1-3-5-11-19-13-9-7-12(8-10-13)14(6-4-2)15(17)16-18/h7-10,14,18H,3-6,11H2,1-2H3,(H,16,17)/t14-/m1/s1. The second-order valence-electron chi connectivity index (χ2n) is 4.59. The molecule has 0 aliphatic carbocycles. The number of ether oxygens (including phenoxy) is 1. The zero-order valence-corrected chi connectivity index (χ0v) is 11.7. The van der Waals surface area contributed by atoms with Crippen molar-refractivity contribution < 1.29 is 14.7 Å². The molecule has 1 amide bonds.